The Kier molecular flexibility index (Phi) is 4.07. The quantitative estimate of drug-likeness (QED) is 0.539. The molecule has 0 heterocycles. The fourth-order valence-corrected chi connectivity index (χ4v) is 0.850. The molecule has 0 aromatic carbocycles. The Morgan fingerprint density at radius 3 is 1.40 bits per heavy atom. The Morgan fingerprint density at radius 1 is 1.10 bits per heavy atom. The summed E-state index contributed by atoms with van der Waals surface area (Å²) in [5.41, 5.74) is 0. The standard InChI is InChI=1S/C2HCl5O2S/c3-1(4,5)2(6,7)10(8)9/h(H,8,9)/p-1. The van der Waals surface area contributed by atoms with Gasteiger partial charge in [-0.25, -0.2) is 0 Å². The van der Waals surface area contributed by atoms with Crippen LogP contribution in [0.1, 0.15) is 0 Å². The highest BCUT2D eigenvalue weighted by atomic mass is 35.6. The second-order valence-electron chi connectivity index (χ2n) is 1.25. The summed E-state index contributed by atoms with van der Waals surface area (Å²) >= 11 is 22.6. The first-order chi connectivity index (χ1) is 4.19. The van der Waals surface area contributed by atoms with Gasteiger partial charge in [0, 0.05) is 0 Å². The first-order valence-electron chi connectivity index (χ1n) is 1.73. The van der Waals surface area contributed by atoms with E-state index >= 15 is 0 Å². The second kappa shape index (κ2) is 3.52. The van der Waals surface area contributed by atoms with Crippen LogP contribution in [0.25, 0.3) is 0 Å². The van der Waals surface area contributed by atoms with Gasteiger partial charge in [0.05, 0.1) is 0 Å². The third kappa shape index (κ3) is 2.55. The van der Waals surface area contributed by atoms with Gasteiger partial charge >= 0.3 is 0 Å². The molecule has 1 atom stereocenters. The first kappa shape index (κ1) is 11.6. The molecule has 0 bridgehead atoms. The van der Waals surface area contributed by atoms with Gasteiger partial charge in [0.1, 0.15) is 0 Å². The van der Waals surface area contributed by atoms with Gasteiger partial charge in [0.15, 0.2) is 0 Å². The van der Waals surface area contributed by atoms with E-state index in [4.69, 9.17) is 58.0 Å². The molecule has 0 aromatic heterocycles. The number of hydrogen-bond donors (Lipinski definition) is 0. The molecule has 0 aliphatic carbocycles. The van der Waals surface area contributed by atoms with E-state index in [9.17, 15) is 8.76 Å². The summed E-state index contributed by atoms with van der Waals surface area (Å²) < 4.78 is 15.6. The van der Waals surface area contributed by atoms with Crippen molar-refractivity contribution in [2.24, 2.45) is 0 Å². The predicted octanol–water partition coefficient (Wildman–Crippen LogP) is 2.37. The maximum Gasteiger partial charge on any atom is 0.233 e. The van der Waals surface area contributed by atoms with Crippen molar-refractivity contribution in [3.8, 4) is 0 Å². The zero-order valence-corrected chi connectivity index (χ0v) is 8.71. The van der Waals surface area contributed by atoms with Crippen LogP contribution in [-0.2, 0) is 11.1 Å². The first-order valence-corrected chi connectivity index (χ1v) is 4.70. The molecule has 62 valence electrons. The van der Waals surface area contributed by atoms with Gasteiger partial charge in [-0.3, -0.25) is 4.21 Å². The maximum absolute atomic E-state index is 10.2. The molecule has 2 nitrogen and oxygen atoms in total. The van der Waals surface area contributed by atoms with Crippen LogP contribution in [0.2, 0.25) is 0 Å². The fourth-order valence-electron chi connectivity index (χ4n) is 0.0945. The fraction of sp³-hybridized carbons (Fsp3) is 1.00. The Bertz CT molecular complexity index is 150. The van der Waals surface area contributed by atoms with E-state index in [2.05, 4.69) is 0 Å². The smallest absolute Gasteiger partial charge is 0.233 e. The molecular formula is C2Cl5O2S-. The maximum atomic E-state index is 10.2. The van der Waals surface area contributed by atoms with E-state index in [1.807, 2.05) is 0 Å². The third-order valence-electron chi connectivity index (χ3n) is 0.539. The Morgan fingerprint density at radius 2 is 1.40 bits per heavy atom. The van der Waals surface area contributed by atoms with Crippen molar-refractivity contribution < 1.29 is 8.76 Å². The lowest BCUT2D eigenvalue weighted by Crippen LogP contribution is -2.35. The van der Waals surface area contributed by atoms with Crippen molar-refractivity contribution in [2.75, 3.05) is 0 Å². The molecule has 0 aliphatic heterocycles. The SMILES string of the molecule is O=S([O-])C(Cl)(Cl)C(Cl)(Cl)Cl. The highest BCUT2D eigenvalue weighted by Crippen LogP contribution is 2.47. The van der Waals surface area contributed by atoms with Crippen LogP contribution in [0, 0.1) is 0 Å². The predicted molar refractivity (Wildman–Crippen MR) is 43.6 cm³/mol. The molecule has 1 unspecified atom stereocenters. The van der Waals surface area contributed by atoms with E-state index in [1.54, 1.807) is 0 Å². The van der Waals surface area contributed by atoms with Crippen molar-refractivity contribution in [3.63, 3.8) is 0 Å². The molecule has 8 heteroatoms. The molecule has 10 heavy (non-hydrogen) atoms. The van der Waals surface area contributed by atoms with E-state index in [0.717, 1.165) is 0 Å². The summed E-state index contributed by atoms with van der Waals surface area (Å²) in [6.07, 6.45) is 0. The Balaban J connectivity index is 4.57. The molecule has 0 spiro atoms. The summed E-state index contributed by atoms with van der Waals surface area (Å²) in [4.78, 5) is 0. The van der Waals surface area contributed by atoms with E-state index in [0.29, 0.717) is 0 Å². The summed E-state index contributed by atoms with van der Waals surface area (Å²) in [5, 5.41) is 0. The number of halogens is 5. The summed E-state index contributed by atoms with van der Waals surface area (Å²) in [7, 11) is 0. The Hall–Kier alpha value is 1.56. The van der Waals surface area contributed by atoms with Crippen LogP contribution in [-0.4, -0.2) is 16.2 Å². The van der Waals surface area contributed by atoms with Crippen molar-refractivity contribution in [1.29, 1.82) is 0 Å². The molecule has 0 rings (SSSR count). The lowest BCUT2D eigenvalue weighted by atomic mass is 10.9. The van der Waals surface area contributed by atoms with Gasteiger partial charge in [-0.05, 0) is 11.1 Å². The van der Waals surface area contributed by atoms with Gasteiger partial charge in [0.2, 0.25) is 7.46 Å². The molecule has 0 N–H and O–H groups in total. The zero-order valence-electron chi connectivity index (χ0n) is 4.11. The Labute approximate surface area is 85.0 Å². The minimum Gasteiger partial charge on any atom is -0.770 e. The summed E-state index contributed by atoms with van der Waals surface area (Å²) in [5.74, 6) is 0. The van der Waals surface area contributed by atoms with Crippen LogP contribution >= 0.6 is 58.0 Å². The van der Waals surface area contributed by atoms with Gasteiger partial charge in [0.25, 0.3) is 0 Å². The average molecular weight is 265 g/mol. The molecule has 0 aliphatic rings. The van der Waals surface area contributed by atoms with Crippen molar-refractivity contribution in [1.82, 2.24) is 0 Å². The van der Waals surface area contributed by atoms with Crippen LogP contribution in [0.5, 0.6) is 0 Å². The van der Waals surface area contributed by atoms with Gasteiger partial charge in [-0.1, -0.05) is 58.0 Å². The van der Waals surface area contributed by atoms with Crippen molar-refractivity contribution >= 4 is 69.1 Å². The molecule has 0 radical (unpaired) electrons. The van der Waals surface area contributed by atoms with Crippen molar-refractivity contribution in [2.45, 2.75) is 7.46 Å². The second-order valence-corrected chi connectivity index (χ2v) is 6.39. The lowest BCUT2D eigenvalue weighted by Gasteiger charge is -2.28. The van der Waals surface area contributed by atoms with Crippen molar-refractivity contribution in [3.05, 3.63) is 0 Å². The normalized spacial score (nSPS) is 17.0. The molecule has 0 aromatic rings. The third-order valence-corrected chi connectivity index (χ3v) is 4.35. The van der Waals surface area contributed by atoms with Crippen LogP contribution in [0.15, 0.2) is 0 Å². The van der Waals surface area contributed by atoms with E-state index < -0.39 is 18.5 Å². The minimum absolute atomic E-state index is 2.25. The molecule has 0 saturated carbocycles. The van der Waals surface area contributed by atoms with Crippen LogP contribution in [0.4, 0.5) is 0 Å². The highest BCUT2D eigenvalue weighted by molar-refractivity contribution is 7.84. The van der Waals surface area contributed by atoms with Gasteiger partial charge in [-0.15, -0.1) is 0 Å². The zero-order chi connectivity index (χ0) is 8.58. The van der Waals surface area contributed by atoms with E-state index in [-0.39, 0.29) is 0 Å². The lowest BCUT2D eigenvalue weighted by molar-refractivity contribution is 0.529. The topological polar surface area (TPSA) is 40.1 Å². The average Bonchev–Trinajstić information content (AvgIpc) is 1.62. The van der Waals surface area contributed by atoms with E-state index in [1.165, 1.54) is 0 Å². The molecule has 0 amide bonds. The molecular weight excluding hydrogens is 265 g/mol. The largest absolute Gasteiger partial charge is 0.770 e. The summed E-state index contributed by atoms with van der Waals surface area (Å²) in [6, 6.07) is 0. The summed E-state index contributed by atoms with van der Waals surface area (Å²) in [6.45, 7) is 0. The number of hydrogen-bond acceptors (Lipinski definition) is 2. The van der Waals surface area contributed by atoms with Gasteiger partial charge < -0.3 is 4.55 Å². The van der Waals surface area contributed by atoms with Gasteiger partial charge in [-0.2, -0.15) is 0 Å². The minimum atomic E-state index is -2.86. The van der Waals surface area contributed by atoms with Crippen LogP contribution < -0.4 is 0 Å². The molecule has 0 fully saturated rings. The molecule has 0 saturated heterocycles. The number of rotatable bonds is 1. The highest BCUT2D eigenvalue weighted by Gasteiger charge is 2.47. The monoisotopic (exact) mass is 263 g/mol. The number of alkyl halides is 5. The van der Waals surface area contributed by atoms with Crippen LogP contribution in [0.3, 0.4) is 0 Å².